The molecule has 0 aliphatic heterocycles. The van der Waals surface area contributed by atoms with E-state index in [4.69, 9.17) is 5.26 Å². The topological polar surface area (TPSA) is 27.0 Å². The minimum absolute atomic E-state index is 0.666. The first kappa shape index (κ1) is 9.54. The van der Waals surface area contributed by atoms with Gasteiger partial charge in [0.05, 0.1) is 6.07 Å². The van der Waals surface area contributed by atoms with Gasteiger partial charge in [-0.1, -0.05) is 13.3 Å². The highest BCUT2D eigenvalue weighted by molar-refractivity contribution is 4.83. The fourth-order valence-corrected chi connectivity index (χ4v) is 2.17. The third kappa shape index (κ3) is 2.22. The van der Waals surface area contributed by atoms with Crippen LogP contribution in [0.4, 0.5) is 0 Å². The summed E-state index contributed by atoms with van der Waals surface area (Å²) in [4.78, 5) is 2.35. The Labute approximate surface area is 75.2 Å². The Morgan fingerprint density at radius 3 is 2.75 bits per heavy atom. The Bertz CT molecular complexity index is 171. The predicted molar refractivity (Wildman–Crippen MR) is 49.7 cm³/mol. The third-order valence-electron chi connectivity index (χ3n) is 2.96. The fourth-order valence-electron chi connectivity index (χ4n) is 2.17. The van der Waals surface area contributed by atoms with E-state index in [1.807, 2.05) is 0 Å². The quantitative estimate of drug-likeness (QED) is 0.641. The van der Waals surface area contributed by atoms with Crippen LogP contribution in [0.15, 0.2) is 0 Å². The zero-order valence-electron chi connectivity index (χ0n) is 8.08. The van der Waals surface area contributed by atoms with Gasteiger partial charge in [-0.25, -0.2) is 0 Å². The van der Waals surface area contributed by atoms with Crippen LogP contribution in [0, 0.1) is 17.2 Å². The summed E-state index contributed by atoms with van der Waals surface area (Å²) in [6.07, 6.45) is 4.72. The van der Waals surface area contributed by atoms with E-state index in [-0.39, 0.29) is 0 Å². The van der Waals surface area contributed by atoms with Crippen LogP contribution in [0.5, 0.6) is 0 Å². The number of hydrogen-bond acceptors (Lipinski definition) is 2. The Hall–Kier alpha value is -0.550. The molecule has 0 N–H and O–H groups in total. The van der Waals surface area contributed by atoms with Crippen LogP contribution in [-0.4, -0.2) is 24.5 Å². The molecule has 0 aromatic rings. The smallest absolute Gasteiger partial charge is 0.0635 e. The second-order valence-electron chi connectivity index (χ2n) is 3.86. The molecule has 2 nitrogen and oxygen atoms in total. The SMILES string of the molecule is CC1CCCC1N(C)CCC#N. The maximum Gasteiger partial charge on any atom is 0.0635 e. The highest BCUT2D eigenvalue weighted by atomic mass is 15.1. The molecular formula is C10H18N2. The molecule has 68 valence electrons. The molecule has 2 atom stereocenters. The summed E-state index contributed by atoms with van der Waals surface area (Å²) >= 11 is 0. The Morgan fingerprint density at radius 2 is 2.25 bits per heavy atom. The van der Waals surface area contributed by atoms with E-state index in [0.717, 1.165) is 18.5 Å². The first-order valence-electron chi connectivity index (χ1n) is 4.83. The monoisotopic (exact) mass is 166 g/mol. The summed E-state index contributed by atoms with van der Waals surface area (Å²) < 4.78 is 0. The molecule has 0 aromatic heterocycles. The van der Waals surface area contributed by atoms with Crippen molar-refractivity contribution < 1.29 is 0 Å². The molecule has 0 heterocycles. The van der Waals surface area contributed by atoms with E-state index in [1.54, 1.807) is 0 Å². The molecule has 0 spiro atoms. The minimum atomic E-state index is 0.666. The van der Waals surface area contributed by atoms with Gasteiger partial charge in [0.15, 0.2) is 0 Å². The molecule has 1 rings (SSSR count). The lowest BCUT2D eigenvalue weighted by Gasteiger charge is -2.26. The van der Waals surface area contributed by atoms with Crippen molar-refractivity contribution in [3.05, 3.63) is 0 Å². The highest BCUT2D eigenvalue weighted by Gasteiger charge is 2.26. The van der Waals surface area contributed by atoms with Crippen molar-refractivity contribution in [3.8, 4) is 6.07 Å². The van der Waals surface area contributed by atoms with E-state index in [1.165, 1.54) is 19.3 Å². The average Bonchev–Trinajstić information content (AvgIpc) is 2.47. The van der Waals surface area contributed by atoms with Crippen LogP contribution in [0.2, 0.25) is 0 Å². The summed E-state index contributed by atoms with van der Waals surface area (Å²) in [5.74, 6) is 0.827. The Morgan fingerprint density at radius 1 is 1.50 bits per heavy atom. The van der Waals surface area contributed by atoms with E-state index < -0.39 is 0 Å². The van der Waals surface area contributed by atoms with Crippen molar-refractivity contribution >= 4 is 0 Å². The lowest BCUT2D eigenvalue weighted by molar-refractivity contribution is 0.210. The van der Waals surface area contributed by atoms with Crippen molar-refractivity contribution in [1.29, 1.82) is 5.26 Å². The Kier molecular flexibility index (Phi) is 3.55. The van der Waals surface area contributed by atoms with Gasteiger partial charge in [0.2, 0.25) is 0 Å². The summed E-state index contributed by atoms with van der Waals surface area (Å²) in [5, 5.41) is 8.45. The average molecular weight is 166 g/mol. The Balaban J connectivity index is 2.31. The molecular weight excluding hydrogens is 148 g/mol. The first-order valence-corrected chi connectivity index (χ1v) is 4.83. The molecule has 2 heteroatoms. The van der Waals surface area contributed by atoms with Gasteiger partial charge in [-0.3, -0.25) is 0 Å². The molecule has 0 aromatic carbocycles. The fraction of sp³-hybridized carbons (Fsp3) is 0.900. The largest absolute Gasteiger partial charge is 0.302 e. The maximum absolute atomic E-state index is 8.45. The third-order valence-corrected chi connectivity index (χ3v) is 2.96. The molecule has 1 saturated carbocycles. The molecule has 0 bridgehead atoms. The van der Waals surface area contributed by atoms with Gasteiger partial charge < -0.3 is 4.90 Å². The van der Waals surface area contributed by atoms with Crippen LogP contribution >= 0.6 is 0 Å². The molecule has 1 aliphatic carbocycles. The molecule has 0 radical (unpaired) electrons. The lowest BCUT2D eigenvalue weighted by Crippen LogP contribution is -2.34. The van der Waals surface area contributed by atoms with Gasteiger partial charge in [0.1, 0.15) is 0 Å². The zero-order chi connectivity index (χ0) is 8.97. The first-order chi connectivity index (χ1) is 5.75. The zero-order valence-corrected chi connectivity index (χ0v) is 8.08. The summed E-state index contributed by atoms with van der Waals surface area (Å²) in [6.45, 7) is 3.26. The molecule has 1 aliphatic rings. The van der Waals surface area contributed by atoms with Crippen LogP contribution in [0.3, 0.4) is 0 Å². The standard InChI is InChI=1S/C10H18N2/c1-9-5-3-6-10(9)12(2)8-4-7-11/h9-10H,3-6,8H2,1-2H3. The van der Waals surface area contributed by atoms with Gasteiger partial charge >= 0.3 is 0 Å². The number of rotatable bonds is 3. The number of hydrogen-bond donors (Lipinski definition) is 0. The molecule has 0 saturated heterocycles. The van der Waals surface area contributed by atoms with Crippen LogP contribution in [-0.2, 0) is 0 Å². The summed E-state index contributed by atoms with van der Waals surface area (Å²) in [6, 6.07) is 2.93. The second-order valence-corrected chi connectivity index (χ2v) is 3.86. The maximum atomic E-state index is 8.45. The van der Waals surface area contributed by atoms with Gasteiger partial charge in [-0.15, -0.1) is 0 Å². The normalized spacial score (nSPS) is 29.2. The molecule has 12 heavy (non-hydrogen) atoms. The van der Waals surface area contributed by atoms with E-state index >= 15 is 0 Å². The van der Waals surface area contributed by atoms with Crippen molar-refractivity contribution in [3.63, 3.8) is 0 Å². The van der Waals surface area contributed by atoms with Crippen molar-refractivity contribution in [2.75, 3.05) is 13.6 Å². The van der Waals surface area contributed by atoms with Gasteiger partial charge in [-0.2, -0.15) is 5.26 Å². The molecule has 0 amide bonds. The van der Waals surface area contributed by atoms with Crippen molar-refractivity contribution in [2.45, 2.75) is 38.6 Å². The van der Waals surface area contributed by atoms with Crippen molar-refractivity contribution in [1.82, 2.24) is 4.90 Å². The van der Waals surface area contributed by atoms with Crippen LogP contribution < -0.4 is 0 Å². The highest BCUT2D eigenvalue weighted by Crippen LogP contribution is 2.28. The molecule has 2 unspecified atom stereocenters. The van der Waals surface area contributed by atoms with E-state index in [9.17, 15) is 0 Å². The van der Waals surface area contributed by atoms with Gasteiger partial charge in [0, 0.05) is 19.0 Å². The second kappa shape index (κ2) is 4.47. The number of nitrogens with zero attached hydrogens (tertiary/aromatic N) is 2. The van der Waals surface area contributed by atoms with Crippen LogP contribution in [0.1, 0.15) is 32.6 Å². The van der Waals surface area contributed by atoms with Gasteiger partial charge in [-0.05, 0) is 25.8 Å². The predicted octanol–water partition coefficient (Wildman–Crippen LogP) is 2.02. The minimum Gasteiger partial charge on any atom is -0.302 e. The van der Waals surface area contributed by atoms with Crippen molar-refractivity contribution in [2.24, 2.45) is 5.92 Å². The van der Waals surface area contributed by atoms with Gasteiger partial charge in [0.25, 0.3) is 0 Å². The summed E-state index contributed by atoms with van der Waals surface area (Å²) in [5.41, 5.74) is 0. The number of nitriles is 1. The van der Waals surface area contributed by atoms with E-state index in [2.05, 4.69) is 24.9 Å². The molecule has 1 fully saturated rings. The van der Waals surface area contributed by atoms with E-state index in [0.29, 0.717) is 6.42 Å². The summed E-state index contributed by atoms with van der Waals surface area (Å²) in [7, 11) is 2.14. The van der Waals surface area contributed by atoms with Crippen LogP contribution in [0.25, 0.3) is 0 Å². The lowest BCUT2D eigenvalue weighted by atomic mass is 10.1.